The quantitative estimate of drug-likeness (QED) is 0.428. The molecule has 0 unspecified atom stereocenters. The summed E-state index contributed by atoms with van der Waals surface area (Å²) in [6.45, 7) is 0.620. The highest BCUT2D eigenvalue weighted by molar-refractivity contribution is 6.32. The number of ether oxygens (including phenoxy) is 4. The Morgan fingerprint density at radius 1 is 1.11 bits per heavy atom. The second kappa shape index (κ2) is 8.60. The van der Waals surface area contributed by atoms with Crippen molar-refractivity contribution >= 4 is 29.4 Å². The molecule has 140 valence electrons. The number of methoxy groups -OCH3 is 1. The van der Waals surface area contributed by atoms with Gasteiger partial charge >= 0.3 is 5.97 Å². The maximum absolute atomic E-state index is 12.1. The van der Waals surface area contributed by atoms with E-state index in [-0.39, 0.29) is 12.4 Å². The van der Waals surface area contributed by atoms with E-state index in [0.717, 1.165) is 5.56 Å². The lowest BCUT2D eigenvalue weighted by molar-refractivity contribution is -0.136. The van der Waals surface area contributed by atoms with Gasteiger partial charge in [-0.25, -0.2) is 4.79 Å². The molecule has 0 atom stereocenters. The van der Waals surface area contributed by atoms with E-state index >= 15 is 0 Å². The van der Waals surface area contributed by atoms with Gasteiger partial charge in [-0.15, -0.1) is 0 Å². The number of esters is 1. The Morgan fingerprint density at radius 3 is 2.63 bits per heavy atom. The van der Waals surface area contributed by atoms with Crippen LogP contribution in [0, 0.1) is 0 Å². The minimum Gasteiger partial charge on any atom is -0.495 e. The van der Waals surface area contributed by atoms with Crippen LogP contribution in [0.3, 0.4) is 0 Å². The first kappa shape index (κ1) is 18.8. The highest BCUT2D eigenvalue weighted by Crippen LogP contribution is 2.31. The van der Waals surface area contributed by atoms with Crippen molar-refractivity contribution in [2.45, 2.75) is 0 Å². The zero-order chi connectivity index (χ0) is 19.2. The van der Waals surface area contributed by atoms with E-state index in [4.69, 9.17) is 30.5 Å². The SMILES string of the molecule is COc1ccc(C(=O)COC(=O)/C=C/c2ccc3c(c2)OCCO3)cc1Cl. The summed E-state index contributed by atoms with van der Waals surface area (Å²) in [5.74, 6) is 0.777. The topological polar surface area (TPSA) is 71.1 Å². The summed E-state index contributed by atoms with van der Waals surface area (Å²) in [7, 11) is 1.48. The molecule has 0 radical (unpaired) electrons. The van der Waals surface area contributed by atoms with Gasteiger partial charge < -0.3 is 18.9 Å². The van der Waals surface area contributed by atoms with Crippen LogP contribution in [0.4, 0.5) is 0 Å². The van der Waals surface area contributed by atoms with Crippen LogP contribution in [-0.2, 0) is 9.53 Å². The lowest BCUT2D eigenvalue weighted by Crippen LogP contribution is -2.15. The third kappa shape index (κ3) is 4.80. The van der Waals surface area contributed by atoms with Gasteiger partial charge in [0.15, 0.2) is 23.9 Å². The summed E-state index contributed by atoms with van der Waals surface area (Å²) in [5, 5.41) is 0.313. The van der Waals surface area contributed by atoms with Gasteiger partial charge in [0.1, 0.15) is 19.0 Å². The van der Waals surface area contributed by atoms with Gasteiger partial charge in [-0.05, 0) is 42.0 Å². The lowest BCUT2D eigenvalue weighted by Gasteiger charge is -2.18. The number of carbonyl (C=O) groups excluding carboxylic acids is 2. The van der Waals surface area contributed by atoms with Gasteiger partial charge in [-0.3, -0.25) is 4.79 Å². The summed E-state index contributed by atoms with van der Waals surface area (Å²) in [4.78, 5) is 23.9. The molecule has 3 rings (SSSR count). The van der Waals surface area contributed by atoms with E-state index in [1.54, 1.807) is 36.4 Å². The van der Waals surface area contributed by atoms with Gasteiger partial charge in [0, 0.05) is 11.6 Å². The van der Waals surface area contributed by atoms with Crippen LogP contribution in [-0.4, -0.2) is 38.7 Å². The molecule has 0 spiro atoms. The molecule has 6 nitrogen and oxygen atoms in total. The third-order valence-electron chi connectivity index (χ3n) is 3.80. The largest absolute Gasteiger partial charge is 0.495 e. The fourth-order valence-corrected chi connectivity index (χ4v) is 2.69. The summed E-state index contributed by atoms with van der Waals surface area (Å²) in [6, 6.07) is 9.95. The van der Waals surface area contributed by atoms with E-state index in [2.05, 4.69) is 0 Å². The van der Waals surface area contributed by atoms with Crippen LogP contribution < -0.4 is 14.2 Å². The second-order valence-corrected chi connectivity index (χ2v) is 6.02. The molecule has 2 aromatic rings. The highest BCUT2D eigenvalue weighted by atomic mass is 35.5. The van der Waals surface area contributed by atoms with Crippen LogP contribution in [0.25, 0.3) is 6.08 Å². The summed E-state index contributed by atoms with van der Waals surface area (Å²) < 4.78 is 20.9. The first-order valence-electron chi connectivity index (χ1n) is 8.18. The predicted molar refractivity (Wildman–Crippen MR) is 99.8 cm³/mol. The van der Waals surface area contributed by atoms with Crippen molar-refractivity contribution in [2.75, 3.05) is 26.9 Å². The number of ketones is 1. The smallest absolute Gasteiger partial charge is 0.331 e. The molecule has 0 saturated carbocycles. The Bertz CT molecular complexity index is 890. The van der Waals surface area contributed by atoms with Gasteiger partial charge in [0.2, 0.25) is 0 Å². The average Bonchev–Trinajstić information content (AvgIpc) is 2.70. The Balaban J connectivity index is 1.55. The lowest BCUT2D eigenvalue weighted by atomic mass is 10.1. The van der Waals surface area contributed by atoms with Crippen molar-refractivity contribution in [3.8, 4) is 17.2 Å². The van der Waals surface area contributed by atoms with E-state index in [1.807, 2.05) is 0 Å². The monoisotopic (exact) mass is 388 g/mol. The maximum atomic E-state index is 12.1. The molecule has 0 aromatic heterocycles. The third-order valence-corrected chi connectivity index (χ3v) is 4.09. The zero-order valence-corrected chi connectivity index (χ0v) is 15.3. The molecule has 1 heterocycles. The fourth-order valence-electron chi connectivity index (χ4n) is 2.44. The number of hydrogen-bond acceptors (Lipinski definition) is 6. The number of rotatable bonds is 6. The molecule has 0 fully saturated rings. The minimum absolute atomic E-state index is 0.313. The Morgan fingerprint density at radius 2 is 1.89 bits per heavy atom. The van der Waals surface area contributed by atoms with Crippen molar-refractivity contribution in [3.63, 3.8) is 0 Å². The van der Waals surface area contributed by atoms with Gasteiger partial charge in [0.25, 0.3) is 0 Å². The number of halogens is 1. The van der Waals surface area contributed by atoms with Crippen molar-refractivity contribution < 1.29 is 28.5 Å². The van der Waals surface area contributed by atoms with Crippen molar-refractivity contribution in [3.05, 3.63) is 58.6 Å². The van der Waals surface area contributed by atoms with Gasteiger partial charge in [0.05, 0.1) is 12.1 Å². The highest BCUT2D eigenvalue weighted by Gasteiger charge is 2.12. The molecule has 0 amide bonds. The van der Waals surface area contributed by atoms with E-state index in [9.17, 15) is 9.59 Å². The van der Waals surface area contributed by atoms with Gasteiger partial charge in [-0.1, -0.05) is 17.7 Å². The summed E-state index contributed by atoms with van der Waals surface area (Å²) in [5.41, 5.74) is 1.09. The van der Waals surface area contributed by atoms with Crippen molar-refractivity contribution in [1.82, 2.24) is 0 Å². The van der Waals surface area contributed by atoms with Crippen LogP contribution in [0.15, 0.2) is 42.5 Å². The van der Waals surface area contributed by atoms with Crippen molar-refractivity contribution in [1.29, 1.82) is 0 Å². The van der Waals surface area contributed by atoms with Crippen LogP contribution in [0.2, 0.25) is 5.02 Å². The molecular formula is C20H17ClO6. The molecule has 0 saturated heterocycles. The standard InChI is InChI=1S/C20H17ClO6/c1-24-17-6-4-14(11-15(17)21)16(22)12-27-20(23)7-3-13-2-5-18-19(10-13)26-9-8-25-18/h2-7,10-11H,8-9,12H2,1H3/b7-3+. The average molecular weight is 389 g/mol. The minimum atomic E-state index is -0.627. The molecule has 0 aliphatic carbocycles. The summed E-state index contributed by atoms with van der Waals surface area (Å²) >= 11 is 5.99. The molecule has 0 N–H and O–H groups in total. The molecule has 7 heteroatoms. The zero-order valence-electron chi connectivity index (χ0n) is 14.6. The van der Waals surface area contributed by atoms with E-state index in [0.29, 0.717) is 41.0 Å². The van der Waals surface area contributed by atoms with Crippen molar-refractivity contribution in [2.24, 2.45) is 0 Å². The number of carbonyl (C=O) groups is 2. The normalized spacial score (nSPS) is 12.7. The number of hydrogen-bond donors (Lipinski definition) is 0. The molecule has 0 bridgehead atoms. The fraction of sp³-hybridized carbons (Fsp3) is 0.200. The van der Waals surface area contributed by atoms with E-state index < -0.39 is 5.97 Å². The summed E-state index contributed by atoms with van der Waals surface area (Å²) in [6.07, 6.45) is 2.83. The van der Waals surface area contributed by atoms with Crippen LogP contribution in [0.1, 0.15) is 15.9 Å². The van der Waals surface area contributed by atoms with Crippen LogP contribution >= 0.6 is 11.6 Å². The number of fused-ring (bicyclic) bond motifs is 1. The second-order valence-electron chi connectivity index (χ2n) is 5.62. The first-order valence-corrected chi connectivity index (χ1v) is 8.56. The van der Waals surface area contributed by atoms with Crippen LogP contribution in [0.5, 0.6) is 17.2 Å². The predicted octanol–water partition coefficient (Wildman–Crippen LogP) is 3.56. The number of Topliss-reactive ketones (excluding diaryl/α,β-unsaturated/α-hetero) is 1. The molecular weight excluding hydrogens is 372 g/mol. The number of benzene rings is 2. The maximum Gasteiger partial charge on any atom is 0.331 e. The molecule has 1 aliphatic rings. The Kier molecular flexibility index (Phi) is 5.98. The Hall–Kier alpha value is -2.99. The molecule has 1 aliphatic heterocycles. The Labute approximate surface area is 161 Å². The first-order chi connectivity index (χ1) is 13.1. The molecule has 2 aromatic carbocycles. The molecule has 27 heavy (non-hydrogen) atoms. The van der Waals surface area contributed by atoms with Gasteiger partial charge in [-0.2, -0.15) is 0 Å². The van der Waals surface area contributed by atoms with E-state index in [1.165, 1.54) is 19.3 Å².